The zero-order valence-electron chi connectivity index (χ0n) is 33.4. The average Bonchev–Trinajstić information content (AvgIpc) is 3.99. The van der Waals surface area contributed by atoms with Gasteiger partial charge in [0.1, 0.15) is 0 Å². The molecule has 9 aromatic carbocycles. The van der Waals surface area contributed by atoms with Gasteiger partial charge in [0.2, 0.25) is 5.95 Å². The van der Waals surface area contributed by atoms with E-state index in [9.17, 15) is 0 Å². The van der Waals surface area contributed by atoms with Gasteiger partial charge in [-0.1, -0.05) is 121 Å². The average molecular weight is 810 g/mol. The number of benzene rings is 9. The highest BCUT2D eigenvalue weighted by atomic mass is 32.1. The van der Waals surface area contributed by atoms with Crippen molar-refractivity contribution in [2.75, 3.05) is 4.90 Å². The second kappa shape index (κ2) is 13.7. The van der Waals surface area contributed by atoms with Crippen molar-refractivity contribution in [1.82, 2.24) is 19.1 Å². The summed E-state index contributed by atoms with van der Waals surface area (Å²) in [6, 6.07) is 75.9. The van der Waals surface area contributed by atoms with E-state index in [0.717, 1.165) is 72.2 Å². The number of fused-ring (bicyclic) bond motifs is 11. The molecule has 0 aliphatic rings. The van der Waals surface area contributed by atoms with Crippen molar-refractivity contribution in [2.45, 2.75) is 0 Å². The van der Waals surface area contributed by atoms with E-state index >= 15 is 0 Å². The Balaban J connectivity index is 1.10. The lowest BCUT2D eigenvalue weighted by Gasteiger charge is -2.25. The second-order valence-electron chi connectivity index (χ2n) is 15.8. The van der Waals surface area contributed by atoms with Gasteiger partial charge in [0.05, 0.1) is 33.3 Å². The third kappa shape index (κ3) is 5.27. The number of para-hydroxylation sites is 5. The minimum Gasteiger partial charge on any atom is -0.310 e. The molecule has 13 rings (SSSR count). The molecule has 4 heterocycles. The van der Waals surface area contributed by atoms with Gasteiger partial charge in [0.25, 0.3) is 0 Å². The van der Waals surface area contributed by atoms with Crippen LogP contribution in [-0.4, -0.2) is 19.1 Å². The fourth-order valence-corrected chi connectivity index (χ4v) is 10.7. The van der Waals surface area contributed by atoms with E-state index in [2.05, 4.69) is 226 Å². The minimum atomic E-state index is 0.643. The van der Waals surface area contributed by atoms with Crippen LogP contribution in [0.3, 0.4) is 0 Å². The summed E-state index contributed by atoms with van der Waals surface area (Å²) in [6.07, 6.45) is 0. The third-order valence-corrected chi connectivity index (χ3v) is 13.4. The molecule has 5 nitrogen and oxygen atoms in total. The molecule has 0 bridgehead atoms. The van der Waals surface area contributed by atoms with E-state index in [1.807, 2.05) is 11.3 Å². The molecule has 62 heavy (non-hydrogen) atoms. The molecule has 0 aliphatic heterocycles. The zero-order chi connectivity index (χ0) is 40.7. The van der Waals surface area contributed by atoms with Gasteiger partial charge in [-0.25, -0.2) is 9.97 Å². The fourth-order valence-electron chi connectivity index (χ4n) is 9.61. The van der Waals surface area contributed by atoms with Gasteiger partial charge in [-0.3, -0.25) is 4.57 Å². The van der Waals surface area contributed by atoms with E-state index in [1.165, 1.54) is 36.5 Å². The molecule has 0 amide bonds. The molecule has 0 atom stereocenters. The smallest absolute Gasteiger partial charge is 0.235 e. The minimum absolute atomic E-state index is 0.643. The van der Waals surface area contributed by atoms with Crippen molar-refractivity contribution >= 4 is 103 Å². The zero-order valence-corrected chi connectivity index (χ0v) is 34.2. The SMILES string of the molecule is c1ccc(N(c2ccccc2)c2ccc3c(c2)c2ccc4sc5ccccc5c4c2n3-c2nc(-c3ccc4c(c3)c3ccccc3n4-c3ccccc3)c3ccccc3n2)cc1. The number of aromatic nitrogens is 4. The maximum Gasteiger partial charge on any atom is 0.235 e. The lowest BCUT2D eigenvalue weighted by molar-refractivity contribution is 1.02. The molecule has 0 saturated carbocycles. The molecule has 0 saturated heterocycles. The summed E-state index contributed by atoms with van der Waals surface area (Å²) in [5, 5.41) is 8.15. The van der Waals surface area contributed by atoms with Crippen LogP contribution in [-0.2, 0) is 0 Å². The monoisotopic (exact) mass is 809 g/mol. The van der Waals surface area contributed by atoms with Crippen molar-refractivity contribution < 1.29 is 0 Å². The van der Waals surface area contributed by atoms with Crippen LogP contribution in [0.15, 0.2) is 212 Å². The van der Waals surface area contributed by atoms with Gasteiger partial charge in [-0.05, 0) is 91.0 Å². The van der Waals surface area contributed by atoms with Gasteiger partial charge in [-0.15, -0.1) is 11.3 Å². The Morgan fingerprint density at radius 1 is 0.387 bits per heavy atom. The van der Waals surface area contributed by atoms with E-state index in [0.29, 0.717) is 5.95 Å². The standard InChI is InChI=1S/C56H35N5S/c1-4-16-37(17-5-1)59(38-18-6-2-7-19-38)40-29-32-50-46(35-40)42-30-33-52-53(44-24-12-15-27-51(44)62-52)55(42)61(50)56-57-47-25-13-10-23-43(47)54(58-56)36-28-31-49-45(34-36)41-22-11-14-26-48(41)60(49)39-20-8-3-9-21-39/h1-35H. The van der Waals surface area contributed by atoms with Crippen LogP contribution in [0.2, 0.25) is 0 Å². The number of anilines is 3. The maximum absolute atomic E-state index is 5.63. The predicted octanol–water partition coefficient (Wildman–Crippen LogP) is 15.3. The topological polar surface area (TPSA) is 38.9 Å². The molecule has 0 fully saturated rings. The number of rotatable bonds is 6. The molecular formula is C56H35N5S. The van der Waals surface area contributed by atoms with Gasteiger partial charge in [0, 0.05) is 75.4 Å². The van der Waals surface area contributed by atoms with Crippen molar-refractivity contribution in [3.05, 3.63) is 212 Å². The van der Waals surface area contributed by atoms with Crippen LogP contribution in [0.25, 0.3) is 97.6 Å². The quantitative estimate of drug-likeness (QED) is 0.168. The first-order valence-electron chi connectivity index (χ1n) is 20.9. The largest absolute Gasteiger partial charge is 0.310 e. The lowest BCUT2D eigenvalue weighted by atomic mass is 10.0. The molecule has 0 unspecified atom stereocenters. The summed E-state index contributed by atoms with van der Waals surface area (Å²) in [5.41, 5.74) is 11.7. The van der Waals surface area contributed by atoms with E-state index < -0.39 is 0 Å². The van der Waals surface area contributed by atoms with E-state index in [-0.39, 0.29) is 0 Å². The Morgan fingerprint density at radius 2 is 1.00 bits per heavy atom. The Labute approximate surface area is 360 Å². The highest BCUT2D eigenvalue weighted by molar-refractivity contribution is 7.26. The van der Waals surface area contributed by atoms with Crippen LogP contribution >= 0.6 is 11.3 Å². The summed E-state index contributed by atoms with van der Waals surface area (Å²) >= 11 is 1.83. The molecular weight excluding hydrogens is 775 g/mol. The van der Waals surface area contributed by atoms with Gasteiger partial charge in [0.15, 0.2) is 0 Å². The summed E-state index contributed by atoms with van der Waals surface area (Å²) in [4.78, 5) is 13.4. The Bertz CT molecular complexity index is 3830. The first-order valence-corrected chi connectivity index (χ1v) is 21.7. The summed E-state index contributed by atoms with van der Waals surface area (Å²) < 4.78 is 7.17. The normalized spacial score (nSPS) is 11.9. The Morgan fingerprint density at radius 3 is 1.79 bits per heavy atom. The number of thiophene rings is 1. The van der Waals surface area contributed by atoms with Crippen LogP contribution in [0.1, 0.15) is 0 Å². The lowest BCUT2D eigenvalue weighted by Crippen LogP contribution is -2.09. The summed E-state index contributed by atoms with van der Waals surface area (Å²) in [5.74, 6) is 0.643. The Hall–Kier alpha value is -8.06. The van der Waals surface area contributed by atoms with Crippen molar-refractivity contribution in [2.24, 2.45) is 0 Å². The van der Waals surface area contributed by atoms with Crippen molar-refractivity contribution in [1.29, 1.82) is 0 Å². The third-order valence-electron chi connectivity index (χ3n) is 12.3. The van der Waals surface area contributed by atoms with Crippen LogP contribution in [0, 0.1) is 0 Å². The van der Waals surface area contributed by atoms with Gasteiger partial charge < -0.3 is 9.47 Å². The number of hydrogen-bond acceptors (Lipinski definition) is 4. The predicted molar refractivity (Wildman–Crippen MR) is 261 cm³/mol. The molecule has 4 aromatic heterocycles. The van der Waals surface area contributed by atoms with Gasteiger partial charge >= 0.3 is 0 Å². The fraction of sp³-hybridized carbons (Fsp3) is 0. The number of hydrogen-bond donors (Lipinski definition) is 0. The highest BCUT2D eigenvalue weighted by Gasteiger charge is 2.23. The highest BCUT2D eigenvalue weighted by Crippen LogP contribution is 2.45. The van der Waals surface area contributed by atoms with Crippen LogP contribution < -0.4 is 4.90 Å². The maximum atomic E-state index is 5.63. The summed E-state index contributed by atoms with van der Waals surface area (Å²) in [6.45, 7) is 0. The van der Waals surface area contributed by atoms with Crippen molar-refractivity contribution in [3.63, 3.8) is 0 Å². The first kappa shape index (κ1) is 34.8. The van der Waals surface area contributed by atoms with Crippen molar-refractivity contribution in [3.8, 4) is 22.9 Å². The summed E-state index contributed by atoms with van der Waals surface area (Å²) in [7, 11) is 0. The van der Waals surface area contributed by atoms with E-state index in [4.69, 9.17) is 9.97 Å². The molecule has 6 heteroatoms. The second-order valence-corrected chi connectivity index (χ2v) is 16.9. The van der Waals surface area contributed by atoms with Crippen LogP contribution in [0.5, 0.6) is 0 Å². The van der Waals surface area contributed by atoms with Crippen LogP contribution in [0.4, 0.5) is 17.1 Å². The Kier molecular flexibility index (Phi) is 7.71. The molecule has 0 N–H and O–H groups in total. The first-order chi connectivity index (χ1) is 30.8. The number of nitrogens with zero attached hydrogens (tertiary/aromatic N) is 5. The molecule has 13 aromatic rings. The molecule has 0 radical (unpaired) electrons. The molecule has 0 spiro atoms. The molecule has 290 valence electrons. The molecule has 0 aliphatic carbocycles. The van der Waals surface area contributed by atoms with E-state index in [1.54, 1.807) is 0 Å². The van der Waals surface area contributed by atoms with Gasteiger partial charge in [-0.2, -0.15) is 0 Å².